The number of amides is 1. The van der Waals surface area contributed by atoms with Crippen molar-refractivity contribution in [2.45, 2.75) is 13.1 Å². The van der Waals surface area contributed by atoms with Crippen LogP contribution in [0.15, 0.2) is 47.6 Å². The highest BCUT2D eigenvalue weighted by molar-refractivity contribution is 6.03. The summed E-state index contributed by atoms with van der Waals surface area (Å²) in [6, 6.07) is 7.32. The topological polar surface area (TPSA) is 105 Å². The molecule has 0 aliphatic heterocycles. The normalized spacial score (nSPS) is 11.9. The van der Waals surface area contributed by atoms with E-state index in [0.29, 0.717) is 0 Å². The van der Waals surface area contributed by atoms with E-state index in [1.54, 1.807) is 0 Å². The molecule has 1 amide bonds. The highest BCUT2D eigenvalue weighted by Crippen LogP contribution is 2.30. The fraction of sp³-hybridized carbons (Fsp3) is 0.125. The lowest BCUT2D eigenvalue weighted by atomic mass is 10.1. The summed E-state index contributed by atoms with van der Waals surface area (Å²) in [5.41, 5.74) is 0.755. The lowest BCUT2D eigenvalue weighted by Gasteiger charge is -2.07. The lowest BCUT2D eigenvalue weighted by Crippen LogP contribution is -2.19. The smallest absolute Gasteiger partial charge is 0.416 e. The van der Waals surface area contributed by atoms with Gasteiger partial charge in [-0.05, 0) is 37.3 Å². The monoisotopic (exact) mass is 367 g/mol. The van der Waals surface area contributed by atoms with Crippen LogP contribution in [-0.2, 0) is 6.18 Å². The predicted molar refractivity (Wildman–Crippen MR) is 85.9 cm³/mol. The summed E-state index contributed by atoms with van der Waals surface area (Å²) in [7, 11) is 0. The number of aromatic hydroxyl groups is 1. The molecule has 0 aliphatic rings. The van der Waals surface area contributed by atoms with Crippen LogP contribution in [0.25, 0.3) is 0 Å². The molecule has 0 radical (unpaired) electrons. The molecular formula is C16H12F3N3O4. The van der Waals surface area contributed by atoms with Crippen LogP contribution in [-0.4, -0.2) is 21.6 Å². The first-order valence-corrected chi connectivity index (χ1v) is 7.10. The van der Waals surface area contributed by atoms with E-state index >= 15 is 0 Å². The molecule has 0 heterocycles. The summed E-state index contributed by atoms with van der Waals surface area (Å²) in [6.45, 7) is 1.39. The number of carbonyl (C=O) groups is 1. The second-order valence-corrected chi connectivity index (χ2v) is 5.14. The van der Waals surface area contributed by atoms with Gasteiger partial charge in [-0.2, -0.15) is 18.3 Å². The molecule has 0 aliphatic carbocycles. The fourth-order valence-electron chi connectivity index (χ4n) is 2.04. The predicted octanol–water partition coefficient (Wildman–Crippen LogP) is 3.47. The minimum atomic E-state index is -4.51. The Bertz CT molecular complexity index is 877. The molecule has 136 valence electrons. The molecule has 2 aromatic carbocycles. The Kier molecular flexibility index (Phi) is 5.24. The minimum absolute atomic E-state index is 0.0342. The highest BCUT2D eigenvalue weighted by atomic mass is 19.4. The van der Waals surface area contributed by atoms with Crippen LogP contribution in [0.1, 0.15) is 28.4 Å². The third-order valence-corrected chi connectivity index (χ3v) is 3.40. The maximum Gasteiger partial charge on any atom is 0.416 e. The average Bonchev–Trinajstić information content (AvgIpc) is 2.58. The summed E-state index contributed by atoms with van der Waals surface area (Å²) in [4.78, 5) is 22.0. The molecule has 10 heteroatoms. The molecule has 0 spiro atoms. The molecule has 7 nitrogen and oxygen atoms in total. The molecule has 0 aromatic heterocycles. The van der Waals surface area contributed by atoms with Crippen molar-refractivity contribution in [3.05, 3.63) is 69.3 Å². The van der Waals surface area contributed by atoms with Gasteiger partial charge in [-0.3, -0.25) is 14.9 Å². The number of phenolic OH excluding ortho intramolecular Hbond substituents is 1. The second kappa shape index (κ2) is 7.21. The van der Waals surface area contributed by atoms with Crippen LogP contribution in [0, 0.1) is 10.1 Å². The van der Waals surface area contributed by atoms with E-state index < -0.39 is 34.0 Å². The van der Waals surface area contributed by atoms with Gasteiger partial charge in [-0.25, -0.2) is 5.43 Å². The van der Waals surface area contributed by atoms with E-state index in [4.69, 9.17) is 0 Å². The molecule has 2 aromatic rings. The summed E-state index contributed by atoms with van der Waals surface area (Å²) in [5.74, 6) is -1.38. The van der Waals surface area contributed by atoms with Gasteiger partial charge in [0.1, 0.15) is 0 Å². The molecule has 2 N–H and O–H groups in total. The van der Waals surface area contributed by atoms with Crippen molar-refractivity contribution in [3.8, 4) is 5.75 Å². The highest BCUT2D eigenvalue weighted by Gasteiger charge is 2.30. The fourth-order valence-corrected chi connectivity index (χ4v) is 2.04. The number of benzene rings is 2. The van der Waals surface area contributed by atoms with E-state index in [1.807, 2.05) is 0 Å². The first-order valence-electron chi connectivity index (χ1n) is 7.10. The lowest BCUT2D eigenvalue weighted by molar-refractivity contribution is -0.385. The van der Waals surface area contributed by atoms with E-state index in [-0.39, 0.29) is 16.8 Å². The SMILES string of the molecule is CC(=NNC(=O)c1ccc(C(F)(F)F)cc1)c1cccc([N+](=O)[O-])c1O. The summed E-state index contributed by atoms with van der Waals surface area (Å²) >= 11 is 0. The van der Waals surface area contributed by atoms with Gasteiger partial charge in [-0.15, -0.1) is 0 Å². The third-order valence-electron chi connectivity index (χ3n) is 3.40. The summed E-state index contributed by atoms with van der Waals surface area (Å²) in [5, 5.41) is 24.4. The van der Waals surface area contributed by atoms with Crippen LogP contribution >= 0.6 is 0 Å². The van der Waals surface area contributed by atoms with Crippen LogP contribution < -0.4 is 5.43 Å². The van der Waals surface area contributed by atoms with E-state index in [2.05, 4.69) is 10.5 Å². The zero-order chi connectivity index (χ0) is 19.5. The van der Waals surface area contributed by atoms with Crippen molar-refractivity contribution < 1.29 is 28.0 Å². The molecular weight excluding hydrogens is 355 g/mol. The summed E-state index contributed by atoms with van der Waals surface area (Å²) < 4.78 is 37.5. The summed E-state index contributed by atoms with van der Waals surface area (Å²) in [6.07, 6.45) is -4.51. The number of hydrogen-bond acceptors (Lipinski definition) is 5. The maximum absolute atomic E-state index is 12.5. The van der Waals surface area contributed by atoms with Crippen molar-refractivity contribution in [3.63, 3.8) is 0 Å². The number of nitrogens with zero attached hydrogens (tertiary/aromatic N) is 2. The van der Waals surface area contributed by atoms with Gasteiger partial charge in [0.25, 0.3) is 5.91 Å². The van der Waals surface area contributed by atoms with Gasteiger partial charge in [-0.1, -0.05) is 6.07 Å². The van der Waals surface area contributed by atoms with Gasteiger partial charge >= 0.3 is 11.9 Å². The number of phenols is 1. The number of alkyl halides is 3. The number of nitrogens with one attached hydrogen (secondary N) is 1. The second-order valence-electron chi connectivity index (χ2n) is 5.14. The quantitative estimate of drug-likeness (QED) is 0.490. The maximum atomic E-state index is 12.5. The zero-order valence-electron chi connectivity index (χ0n) is 13.2. The Morgan fingerprint density at radius 2 is 1.81 bits per heavy atom. The Hall–Kier alpha value is -3.43. The van der Waals surface area contributed by atoms with Gasteiger partial charge in [0.05, 0.1) is 16.2 Å². The minimum Gasteiger partial charge on any atom is -0.502 e. The number of hydrazone groups is 1. The average molecular weight is 367 g/mol. The Morgan fingerprint density at radius 3 is 2.35 bits per heavy atom. The largest absolute Gasteiger partial charge is 0.502 e. The molecule has 0 saturated carbocycles. The number of carbonyl (C=O) groups excluding carboxylic acids is 1. The Morgan fingerprint density at radius 1 is 1.19 bits per heavy atom. The number of halogens is 3. The molecule has 0 saturated heterocycles. The zero-order valence-corrected chi connectivity index (χ0v) is 13.2. The van der Waals surface area contributed by atoms with Gasteiger partial charge in [0.15, 0.2) is 0 Å². The van der Waals surface area contributed by atoms with Gasteiger partial charge in [0, 0.05) is 17.2 Å². The first-order chi connectivity index (χ1) is 12.1. The van der Waals surface area contributed by atoms with Crippen LogP contribution in [0.2, 0.25) is 0 Å². The van der Waals surface area contributed by atoms with Crippen molar-refractivity contribution in [2.24, 2.45) is 5.10 Å². The molecule has 0 bridgehead atoms. The van der Waals surface area contributed by atoms with Crippen LogP contribution in [0.4, 0.5) is 18.9 Å². The van der Waals surface area contributed by atoms with E-state index in [1.165, 1.54) is 19.1 Å². The van der Waals surface area contributed by atoms with E-state index in [0.717, 1.165) is 30.3 Å². The van der Waals surface area contributed by atoms with Gasteiger partial charge in [0.2, 0.25) is 5.75 Å². The Labute approximate surface area is 144 Å². The number of rotatable bonds is 4. The first kappa shape index (κ1) is 18.9. The Balaban J connectivity index is 2.18. The molecule has 0 fully saturated rings. The van der Waals surface area contributed by atoms with Crippen molar-refractivity contribution in [2.75, 3.05) is 0 Å². The number of hydrogen-bond donors (Lipinski definition) is 2. The third kappa shape index (κ3) is 4.15. The van der Waals surface area contributed by atoms with Crippen molar-refractivity contribution in [1.82, 2.24) is 5.43 Å². The number of nitro benzene ring substituents is 1. The van der Waals surface area contributed by atoms with Crippen molar-refractivity contribution in [1.29, 1.82) is 0 Å². The van der Waals surface area contributed by atoms with Crippen LogP contribution in [0.3, 0.4) is 0 Å². The molecule has 0 unspecified atom stereocenters. The molecule has 0 atom stereocenters. The van der Waals surface area contributed by atoms with Crippen LogP contribution in [0.5, 0.6) is 5.75 Å². The number of nitro groups is 1. The molecule has 2 rings (SSSR count). The van der Waals surface area contributed by atoms with Crippen molar-refractivity contribution >= 4 is 17.3 Å². The molecule has 26 heavy (non-hydrogen) atoms. The number of para-hydroxylation sites is 1. The van der Waals surface area contributed by atoms with E-state index in [9.17, 15) is 33.2 Å². The standard InChI is InChI=1S/C16H12F3N3O4/c1-9(12-3-2-4-13(14(12)23)22(25)26)20-21-15(24)10-5-7-11(8-6-10)16(17,18)19/h2-8,23H,1H3,(H,21,24). The van der Waals surface area contributed by atoms with Gasteiger partial charge < -0.3 is 5.11 Å².